The topological polar surface area (TPSA) is 57.6 Å². The molecular weight excluding hydrogens is 314 g/mol. The molecule has 3 rings (SSSR count). The molecule has 1 saturated heterocycles. The number of carbonyl (C=O) groups excluding carboxylic acids is 1. The summed E-state index contributed by atoms with van der Waals surface area (Å²) in [5.41, 5.74) is 2.22. The molecule has 1 fully saturated rings. The molecule has 25 heavy (non-hydrogen) atoms. The van der Waals surface area contributed by atoms with Gasteiger partial charge in [-0.25, -0.2) is 0 Å². The fourth-order valence-corrected chi connectivity index (χ4v) is 3.54. The van der Waals surface area contributed by atoms with Crippen LogP contribution < -0.4 is 0 Å². The van der Waals surface area contributed by atoms with Crippen LogP contribution in [0.1, 0.15) is 29.9 Å². The molecule has 0 radical (unpaired) electrons. The van der Waals surface area contributed by atoms with Crippen molar-refractivity contribution in [3.05, 3.63) is 71.8 Å². The molecule has 0 saturated carbocycles. The van der Waals surface area contributed by atoms with Crippen LogP contribution in [0.4, 0.5) is 0 Å². The van der Waals surface area contributed by atoms with E-state index < -0.39 is 11.9 Å². The third kappa shape index (κ3) is 4.27. The average Bonchev–Trinajstić information content (AvgIpc) is 3.09. The lowest BCUT2D eigenvalue weighted by molar-refractivity contribution is -0.141. The van der Waals surface area contributed by atoms with Crippen LogP contribution in [0.3, 0.4) is 0 Å². The molecule has 2 atom stereocenters. The van der Waals surface area contributed by atoms with E-state index in [0.29, 0.717) is 19.5 Å². The van der Waals surface area contributed by atoms with E-state index in [1.807, 2.05) is 48.5 Å². The second kappa shape index (κ2) is 7.97. The van der Waals surface area contributed by atoms with Crippen LogP contribution in [-0.4, -0.2) is 35.0 Å². The quantitative estimate of drug-likeness (QED) is 0.879. The number of likely N-dealkylation sites (tertiary alicyclic amines) is 1. The van der Waals surface area contributed by atoms with E-state index in [2.05, 4.69) is 12.1 Å². The molecule has 2 aromatic carbocycles. The Morgan fingerprint density at radius 3 is 2.24 bits per heavy atom. The van der Waals surface area contributed by atoms with Gasteiger partial charge in [-0.3, -0.25) is 9.59 Å². The molecule has 2 unspecified atom stereocenters. The van der Waals surface area contributed by atoms with Gasteiger partial charge in [-0.2, -0.15) is 0 Å². The fourth-order valence-electron chi connectivity index (χ4n) is 3.54. The standard InChI is InChI=1S/C21H23NO3/c23-20(13-7-10-16-8-3-1-4-9-16)22-14-18(19(15-22)21(24)25)17-11-5-2-6-12-17/h1-6,8-9,11-12,18-19H,7,10,13-15H2,(H,24,25). The maximum Gasteiger partial charge on any atom is 0.308 e. The summed E-state index contributed by atoms with van der Waals surface area (Å²) in [4.78, 5) is 25.9. The maximum atomic E-state index is 12.5. The second-order valence-corrected chi connectivity index (χ2v) is 6.60. The minimum absolute atomic E-state index is 0.0561. The van der Waals surface area contributed by atoms with Crippen molar-refractivity contribution in [3.63, 3.8) is 0 Å². The molecule has 1 amide bonds. The van der Waals surface area contributed by atoms with Gasteiger partial charge in [0.2, 0.25) is 5.91 Å². The first-order chi connectivity index (χ1) is 12.1. The maximum absolute atomic E-state index is 12.5. The highest BCUT2D eigenvalue weighted by molar-refractivity contribution is 5.79. The van der Waals surface area contributed by atoms with Gasteiger partial charge in [-0.05, 0) is 24.0 Å². The van der Waals surface area contributed by atoms with E-state index in [4.69, 9.17) is 0 Å². The largest absolute Gasteiger partial charge is 0.481 e. The number of amides is 1. The van der Waals surface area contributed by atoms with Gasteiger partial charge in [0.25, 0.3) is 0 Å². The predicted molar refractivity (Wildman–Crippen MR) is 96.3 cm³/mol. The Morgan fingerprint density at radius 1 is 0.960 bits per heavy atom. The molecule has 4 nitrogen and oxygen atoms in total. The molecule has 0 aliphatic carbocycles. The number of rotatable bonds is 6. The van der Waals surface area contributed by atoms with Crippen LogP contribution in [0.25, 0.3) is 0 Å². The van der Waals surface area contributed by atoms with Crippen LogP contribution in [0.15, 0.2) is 60.7 Å². The molecule has 1 heterocycles. The summed E-state index contributed by atoms with van der Waals surface area (Å²) in [5, 5.41) is 9.53. The summed E-state index contributed by atoms with van der Waals surface area (Å²) in [6, 6.07) is 19.7. The van der Waals surface area contributed by atoms with Gasteiger partial charge in [-0.15, -0.1) is 0 Å². The minimum atomic E-state index is -0.826. The summed E-state index contributed by atoms with van der Waals surface area (Å²) >= 11 is 0. The predicted octanol–water partition coefficient (Wildman–Crippen LogP) is 3.34. The SMILES string of the molecule is O=C(O)C1CN(C(=O)CCCc2ccccc2)CC1c1ccccc1. The van der Waals surface area contributed by atoms with Crippen LogP contribution in [0.2, 0.25) is 0 Å². The number of carboxylic acids is 1. The highest BCUT2D eigenvalue weighted by atomic mass is 16.4. The average molecular weight is 337 g/mol. The summed E-state index contributed by atoms with van der Waals surface area (Å²) in [6.07, 6.45) is 2.11. The molecule has 2 aromatic rings. The number of hydrogen-bond donors (Lipinski definition) is 1. The molecule has 0 aromatic heterocycles. The van der Waals surface area contributed by atoms with Gasteiger partial charge in [-0.1, -0.05) is 60.7 Å². The number of benzene rings is 2. The lowest BCUT2D eigenvalue weighted by Gasteiger charge is -2.16. The number of carbonyl (C=O) groups is 2. The normalized spacial score (nSPS) is 19.8. The minimum Gasteiger partial charge on any atom is -0.481 e. The highest BCUT2D eigenvalue weighted by Gasteiger charge is 2.40. The Hall–Kier alpha value is -2.62. The zero-order valence-electron chi connectivity index (χ0n) is 14.2. The first-order valence-electron chi connectivity index (χ1n) is 8.74. The Kier molecular flexibility index (Phi) is 5.49. The Balaban J connectivity index is 1.59. The van der Waals surface area contributed by atoms with E-state index in [0.717, 1.165) is 18.4 Å². The molecular formula is C21H23NO3. The smallest absolute Gasteiger partial charge is 0.308 e. The van der Waals surface area contributed by atoms with Gasteiger partial charge >= 0.3 is 5.97 Å². The Labute approximate surface area is 148 Å². The highest BCUT2D eigenvalue weighted by Crippen LogP contribution is 2.33. The lowest BCUT2D eigenvalue weighted by Crippen LogP contribution is -2.29. The summed E-state index contributed by atoms with van der Waals surface area (Å²) in [5.74, 6) is -1.42. The van der Waals surface area contributed by atoms with Gasteiger partial charge < -0.3 is 10.0 Å². The fraction of sp³-hybridized carbons (Fsp3) is 0.333. The summed E-state index contributed by atoms with van der Waals surface area (Å²) < 4.78 is 0. The lowest BCUT2D eigenvalue weighted by atomic mass is 9.89. The first kappa shape index (κ1) is 17.2. The summed E-state index contributed by atoms with van der Waals surface area (Å²) in [6.45, 7) is 0.796. The van der Waals surface area contributed by atoms with Crippen LogP contribution in [0.5, 0.6) is 0 Å². The van der Waals surface area contributed by atoms with Crippen molar-refractivity contribution < 1.29 is 14.7 Å². The first-order valence-corrected chi connectivity index (χ1v) is 8.74. The third-order valence-corrected chi connectivity index (χ3v) is 4.92. The zero-order chi connectivity index (χ0) is 17.6. The van der Waals surface area contributed by atoms with E-state index >= 15 is 0 Å². The second-order valence-electron chi connectivity index (χ2n) is 6.60. The van der Waals surface area contributed by atoms with Crippen LogP contribution in [-0.2, 0) is 16.0 Å². The van der Waals surface area contributed by atoms with E-state index in [-0.39, 0.29) is 11.8 Å². The number of hydrogen-bond acceptors (Lipinski definition) is 2. The van der Waals surface area contributed by atoms with Gasteiger partial charge in [0.05, 0.1) is 5.92 Å². The van der Waals surface area contributed by atoms with Crippen molar-refractivity contribution in [1.82, 2.24) is 4.90 Å². The zero-order valence-corrected chi connectivity index (χ0v) is 14.2. The van der Waals surface area contributed by atoms with Crippen molar-refractivity contribution in [2.75, 3.05) is 13.1 Å². The monoisotopic (exact) mass is 337 g/mol. The molecule has 0 bridgehead atoms. The van der Waals surface area contributed by atoms with Crippen molar-refractivity contribution in [2.24, 2.45) is 5.92 Å². The number of nitrogens with zero attached hydrogens (tertiary/aromatic N) is 1. The van der Waals surface area contributed by atoms with E-state index in [1.54, 1.807) is 4.90 Å². The number of carboxylic acid groups (broad SMARTS) is 1. The van der Waals surface area contributed by atoms with Gasteiger partial charge in [0.15, 0.2) is 0 Å². The molecule has 1 N–H and O–H groups in total. The number of aryl methyl sites for hydroxylation is 1. The van der Waals surface area contributed by atoms with Crippen LogP contribution in [0, 0.1) is 5.92 Å². The Bertz CT molecular complexity index is 714. The molecule has 0 spiro atoms. The molecule has 1 aliphatic rings. The molecule has 4 heteroatoms. The van der Waals surface area contributed by atoms with E-state index in [9.17, 15) is 14.7 Å². The van der Waals surface area contributed by atoms with Gasteiger partial charge in [0.1, 0.15) is 0 Å². The van der Waals surface area contributed by atoms with Crippen molar-refractivity contribution >= 4 is 11.9 Å². The Morgan fingerprint density at radius 2 is 1.60 bits per heavy atom. The van der Waals surface area contributed by atoms with Crippen molar-refractivity contribution in [2.45, 2.75) is 25.2 Å². The molecule has 130 valence electrons. The van der Waals surface area contributed by atoms with Crippen LogP contribution >= 0.6 is 0 Å². The third-order valence-electron chi connectivity index (χ3n) is 4.92. The van der Waals surface area contributed by atoms with Gasteiger partial charge in [0, 0.05) is 25.4 Å². The summed E-state index contributed by atoms with van der Waals surface area (Å²) in [7, 11) is 0. The van der Waals surface area contributed by atoms with Crippen molar-refractivity contribution in [3.8, 4) is 0 Å². The van der Waals surface area contributed by atoms with Crippen molar-refractivity contribution in [1.29, 1.82) is 0 Å². The molecule has 1 aliphatic heterocycles. The van der Waals surface area contributed by atoms with E-state index in [1.165, 1.54) is 5.56 Å². The number of aliphatic carboxylic acids is 1.